The van der Waals surface area contributed by atoms with Gasteiger partial charge in [0.1, 0.15) is 0 Å². The number of hydrogen-bond acceptors (Lipinski definition) is 3. The predicted octanol–water partition coefficient (Wildman–Crippen LogP) is 0.935. The molecule has 0 amide bonds. The van der Waals surface area contributed by atoms with E-state index < -0.39 is 0 Å². The van der Waals surface area contributed by atoms with Crippen molar-refractivity contribution in [2.45, 2.75) is 57.7 Å². The second kappa shape index (κ2) is 4.37. The number of hydroxylamine groups is 2. The molecule has 0 aromatic heterocycles. The maximum Gasteiger partial charge on any atom is 0.0556 e. The molecule has 1 saturated heterocycles. The Morgan fingerprint density at radius 1 is 1.27 bits per heavy atom. The summed E-state index contributed by atoms with van der Waals surface area (Å²) in [5.41, 5.74) is -0.649. The van der Waals surface area contributed by atoms with Crippen molar-refractivity contribution in [2.75, 3.05) is 13.2 Å². The van der Waals surface area contributed by atoms with Gasteiger partial charge in [0.05, 0.1) is 6.61 Å². The van der Waals surface area contributed by atoms with Crippen LogP contribution in [0.3, 0.4) is 0 Å². The molecule has 1 rings (SSSR count). The molecule has 0 spiro atoms. The quantitative estimate of drug-likeness (QED) is 0.736. The Labute approximate surface area is 92.2 Å². The second-order valence-electron chi connectivity index (χ2n) is 5.70. The molecule has 0 saturated carbocycles. The minimum absolute atomic E-state index is 0.151. The van der Waals surface area contributed by atoms with Crippen molar-refractivity contribution < 1.29 is 10.3 Å². The van der Waals surface area contributed by atoms with E-state index in [9.17, 15) is 5.21 Å². The third-order valence-corrected chi connectivity index (χ3v) is 3.14. The molecule has 0 aromatic carbocycles. The molecular formula is C11H23N2O2. The highest BCUT2D eigenvalue weighted by molar-refractivity contribution is 4.98. The molecule has 1 aliphatic heterocycles. The highest BCUT2D eigenvalue weighted by Gasteiger charge is 2.45. The van der Waals surface area contributed by atoms with Gasteiger partial charge in [-0.3, -0.25) is 0 Å². The van der Waals surface area contributed by atoms with Crippen molar-refractivity contribution in [3.8, 4) is 0 Å². The van der Waals surface area contributed by atoms with Crippen LogP contribution in [0.2, 0.25) is 0 Å². The smallest absolute Gasteiger partial charge is 0.0556 e. The molecular weight excluding hydrogens is 192 g/mol. The third-order valence-electron chi connectivity index (χ3n) is 3.14. The van der Waals surface area contributed by atoms with Gasteiger partial charge in [-0.25, -0.2) is 0 Å². The van der Waals surface area contributed by atoms with Gasteiger partial charge in [-0.2, -0.15) is 0 Å². The summed E-state index contributed by atoms with van der Waals surface area (Å²) in [5, 5.41) is 25.3. The third kappa shape index (κ3) is 2.91. The first-order chi connectivity index (χ1) is 6.79. The fourth-order valence-electron chi connectivity index (χ4n) is 2.68. The number of aliphatic hydroxyl groups excluding tert-OH is 1. The van der Waals surface area contributed by atoms with Gasteiger partial charge < -0.3 is 10.4 Å². The fraction of sp³-hybridized carbons (Fsp3) is 1.00. The summed E-state index contributed by atoms with van der Waals surface area (Å²) in [6.07, 6.45) is 1.67. The van der Waals surface area contributed by atoms with E-state index >= 15 is 0 Å². The Morgan fingerprint density at radius 2 is 1.73 bits per heavy atom. The lowest BCUT2D eigenvalue weighted by molar-refractivity contribution is -0.290. The monoisotopic (exact) mass is 215 g/mol. The Hall–Kier alpha value is -0.160. The van der Waals surface area contributed by atoms with Crippen LogP contribution in [0.25, 0.3) is 0 Å². The minimum atomic E-state index is -0.325. The summed E-state index contributed by atoms with van der Waals surface area (Å²) in [4.78, 5) is 0. The summed E-state index contributed by atoms with van der Waals surface area (Å²) in [6.45, 7) is 8.68. The number of rotatable bonds is 3. The van der Waals surface area contributed by atoms with E-state index in [0.29, 0.717) is 12.6 Å². The largest absolute Gasteiger partial charge is 0.395 e. The first-order valence-electron chi connectivity index (χ1n) is 5.61. The number of nitrogens with zero attached hydrogens (tertiary/aromatic N) is 1. The van der Waals surface area contributed by atoms with E-state index in [1.54, 1.807) is 0 Å². The summed E-state index contributed by atoms with van der Waals surface area (Å²) >= 11 is 0. The van der Waals surface area contributed by atoms with Crippen molar-refractivity contribution in [1.82, 2.24) is 10.4 Å². The topological polar surface area (TPSA) is 55.4 Å². The molecule has 1 fully saturated rings. The molecule has 0 bridgehead atoms. The van der Waals surface area contributed by atoms with E-state index in [0.717, 1.165) is 12.8 Å². The minimum Gasteiger partial charge on any atom is -0.395 e. The molecule has 0 atom stereocenters. The van der Waals surface area contributed by atoms with Crippen molar-refractivity contribution in [2.24, 2.45) is 0 Å². The summed E-state index contributed by atoms with van der Waals surface area (Å²) < 4.78 is 0. The van der Waals surface area contributed by atoms with Gasteiger partial charge in [0, 0.05) is 23.7 Å². The zero-order valence-electron chi connectivity index (χ0n) is 10.2. The van der Waals surface area contributed by atoms with Crippen molar-refractivity contribution in [3.63, 3.8) is 0 Å². The van der Waals surface area contributed by atoms with Crippen molar-refractivity contribution in [3.05, 3.63) is 0 Å². The van der Waals surface area contributed by atoms with E-state index in [-0.39, 0.29) is 17.7 Å². The van der Waals surface area contributed by atoms with Gasteiger partial charge in [-0.1, -0.05) is 0 Å². The molecule has 1 aliphatic rings. The predicted molar refractivity (Wildman–Crippen MR) is 58.8 cm³/mol. The zero-order valence-corrected chi connectivity index (χ0v) is 10.2. The van der Waals surface area contributed by atoms with Crippen molar-refractivity contribution in [1.29, 1.82) is 0 Å². The number of nitrogens with one attached hydrogen (secondary N) is 1. The highest BCUT2D eigenvalue weighted by Crippen LogP contribution is 2.36. The lowest BCUT2D eigenvalue weighted by atomic mass is 9.79. The van der Waals surface area contributed by atoms with Gasteiger partial charge in [0.25, 0.3) is 0 Å². The molecule has 0 aromatic rings. The van der Waals surface area contributed by atoms with Gasteiger partial charge >= 0.3 is 0 Å². The fourth-order valence-corrected chi connectivity index (χ4v) is 2.68. The molecule has 1 radical (unpaired) electrons. The zero-order chi connectivity index (χ0) is 11.7. The van der Waals surface area contributed by atoms with Crippen LogP contribution in [0.15, 0.2) is 0 Å². The number of hydrogen-bond donors (Lipinski definition) is 2. The maximum absolute atomic E-state index is 12.0. The van der Waals surface area contributed by atoms with Gasteiger partial charge in [0.15, 0.2) is 0 Å². The average Bonchev–Trinajstić information content (AvgIpc) is 2.10. The van der Waals surface area contributed by atoms with Crippen LogP contribution in [-0.2, 0) is 5.21 Å². The van der Waals surface area contributed by atoms with E-state index in [1.165, 1.54) is 5.06 Å². The molecule has 2 N–H and O–H groups in total. The molecule has 15 heavy (non-hydrogen) atoms. The summed E-state index contributed by atoms with van der Waals surface area (Å²) in [7, 11) is 0. The van der Waals surface area contributed by atoms with Crippen LogP contribution in [0.4, 0.5) is 0 Å². The first kappa shape index (κ1) is 12.9. The molecule has 4 nitrogen and oxygen atoms in total. The lowest BCUT2D eigenvalue weighted by Gasteiger charge is -2.50. The van der Waals surface area contributed by atoms with Gasteiger partial charge in [-0.15, -0.1) is 10.3 Å². The van der Waals surface area contributed by atoms with E-state index in [4.69, 9.17) is 5.11 Å². The van der Waals surface area contributed by atoms with E-state index in [2.05, 4.69) is 5.32 Å². The normalized spacial score (nSPS) is 26.8. The van der Waals surface area contributed by atoms with Crippen molar-refractivity contribution >= 4 is 0 Å². The summed E-state index contributed by atoms with van der Waals surface area (Å²) in [6, 6.07) is 0.326. The van der Waals surface area contributed by atoms with Crippen LogP contribution in [0.1, 0.15) is 40.5 Å². The second-order valence-corrected chi connectivity index (χ2v) is 5.70. The molecule has 4 heteroatoms. The Balaban J connectivity index is 2.66. The molecule has 0 aliphatic carbocycles. The van der Waals surface area contributed by atoms with E-state index in [1.807, 2.05) is 27.7 Å². The first-order valence-corrected chi connectivity index (χ1v) is 5.61. The SMILES string of the molecule is CC1(C)CC(NCCO)CC(C)(C)N1[O]. The lowest BCUT2D eigenvalue weighted by Crippen LogP contribution is -2.62. The Kier molecular flexibility index (Phi) is 3.76. The Morgan fingerprint density at radius 3 is 2.13 bits per heavy atom. The number of piperidine rings is 1. The highest BCUT2D eigenvalue weighted by atomic mass is 16.5. The van der Waals surface area contributed by atoms with Crippen LogP contribution in [0, 0.1) is 0 Å². The van der Waals surface area contributed by atoms with Crippen LogP contribution >= 0.6 is 0 Å². The standard InChI is InChI=1S/C11H23N2O2/c1-10(2)7-9(12-5-6-14)8-11(3,4)13(10)15/h9,12,14H,5-8H2,1-4H3. The Bertz CT molecular complexity index is 199. The average molecular weight is 215 g/mol. The van der Waals surface area contributed by atoms with Crippen LogP contribution in [0.5, 0.6) is 0 Å². The van der Waals surface area contributed by atoms with Crippen LogP contribution in [-0.4, -0.2) is 40.4 Å². The maximum atomic E-state index is 12.0. The van der Waals surface area contributed by atoms with Gasteiger partial charge in [0.2, 0.25) is 0 Å². The molecule has 1 heterocycles. The molecule has 89 valence electrons. The summed E-state index contributed by atoms with van der Waals surface area (Å²) in [5.74, 6) is 0. The van der Waals surface area contributed by atoms with Gasteiger partial charge in [-0.05, 0) is 40.5 Å². The number of aliphatic hydroxyl groups is 1. The van der Waals surface area contributed by atoms with Crippen LogP contribution < -0.4 is 5.32 Å². The molecule has 0 unspecified atom stereocenters.